The molecule has 0 saturated carbocycles. The van der Waals surface area contributed by atoms with Crippen LogP contribution in [0.5, 0.6) is 0 Å². The second-order valence-corrected chi connectivity index (χ2v) is 6.35. The van der Waals surface area contributed by atoms with Crippen molar-refractivity contribution in [3.63, 3.8) is 0 Å². The number of aromatic nitrogens is 2. The van der Waals surface area contributed by atoms with Crippen molar-refractivity contribution in [2.45, 2.75) is 51.5 Å². The van der Waals surface area contributed by atoms with Gasteiger partial charge >= 0.3 is 0 Å². The molecule has 0 fully saturated rings. The fourth-order valence-corrected chi connectivity index (χ4v) is 3.32. The lowest BCUT2D eigenvalue weighted by Crippen LogP contribution is -2.31. The lowest BCUT2D eigenvalue weighted by atomic mass is 9.93. The van der Waals surface area contributed by atoms with Crippen LogP contribution in [0.15, 0.2) is 30.5 Å². The van der Waals surface area contributed by atoms with Crippen LogP contribution in [0.25, 0.3) is 0 Å². The predicted molar refractivity (Wildman–Crippen MR) is 91.2 cm³/mol. The first kappa shape index (κ1) is 15.8. The average Bonchev–Trinajstić information content (AvgIpc) is 2.96. The van der Waals surface area contributed by atoms with Crippen LogP contribution in [0, 0.1) is 0 Å². The zero-order valence-electron chi connectivity index (χ0n) is 14.0. The number of hydrogen-bond acceptors (Lipinski definition) is 2. The SMILES string of the molecule is CCc1ccc(CCC(=O)N[C@@H]2CCCc3c2cnn3C)cc1. The van der Waals surface area contributed by atoms with Crippen molar-refractivity contribution >= 4 is 5.91 Å². The fourth-order valence-electron chi connectivity index (χ4n) is 3.32. The topological polar surface area (TPSA) is 46.9 Å². The van der Waals surface area contributed by atoms with Crippen LogP contribution in [-0.4, -0.2) is 15.7 Å². The third kappa shape index (κ3) is 3.63. The van der Waals surface area contributed by atoms with Crippen LogP contribution in [-0.2, 0) is 31.1 Å². The Balaban J connectivity index is 1.55. The molecule has 0 unspecified atom stereocenters. The summed E-state index contributed by atoms with van der Waals surface area (Å²) in [6, 6.07) is 8.69. The van der Waals surface area contributed by atoms with E-state index in [9.17, 15) is 4.79 Å². The average molecular weight is 311 g/mol. The third-order valence-electron chi connectivity index (χ3n) is 4.78. The van der Waals surface area contributed by atoms with Crippen LogP contribution in [0.1, 0.15) is 54.6 Å². The van der Waals surface area contributed by atoms with Crippen LogP contribution in [0.4, 0.5) is 0 Å². The van der Waals surface area contributed by atoms with Crippen molar-refractivity contribution in [3.8, 4) is 0 Å². The first-order valence-corrected chi connectivity index (χ1v) is 8.55. The molecule has 2 aromatic rings. The standard InChI is InChI=1S/C19H25N3O/c1-3-14-7-9-15(10-8-14)11-12-19(23)21-17-5-4-6-18-16(17)13-20-22(18)2/h7-10,13,17H,3-6,11-12H2,1-2H3,(H,21,23)/t17-/m1/s1. The summed E-state index contributed by atoms with van der Waals surface area (Å²) >= 11 is 0. The zero-order valence-corrected chi connectivity index (χ0v) is 14.0. The Hall–Kier alpha value is -2.10. The second kappa shape index (κ2) is 6.99. The van der Waals surface area contributed by atoms with Gasteiger partial charge in [-0.05, 0) is 43.2 Å². The molecule has 1 heterocycles. The molecule has 23 heavy (non-hydrogen) atoms. The molecule has 0 bridgehead atoms. The lowest BCUT2D eigenvalue weighted by Gasteiger charge is -2.23. The van der Waals surface area contributed by atoms with Gasteiger partial charge in [-0.1, -0.05) is 31.2 Å². The predicted octanol–water partition coefficient (Wildman–Crippen LogP) is 3.11. The molecule has 1 aliphatic carbocycles. The molecule has 1 aliphatic rings. The van der Waals surface area contributed by atoms with Gasteiger partial charge in [-0.25, -0.2) is 0 Å². The number of benzene rings is 1. The fraction of sp³-hybridized carbons (Fsp3) is 0.474. The van der Waals surface area contributed by atoms with E-state index in [0.717, 1.165) is 32.1 Å². The first-order valence-electron chi connectivity index (χ1n) is 8.55. The molecule has 4 nitrogen and oxygen atoms in total. The minimum Gasteiger partial charge on any atom is -0.349 e. The van der Waals surface area contributed by atoms with Gasteiger partial charge in [0, 0.05) is 24.7 Å². The minimum absolute atomic E-state index is 0.127. The summed E-state index contributed by atoms with van der Waals surface area (Å²) < 4.78 is 1.93. The number of amides is 1. The molecule has 3 rings (SSSR count). The number of carbonyl (C=O) groups excluding carboxylic acids is 1. The maximum absolute atomic E-state index is 12.3. The number of rotatable bonds is 5. The second-order valence-electron chi connectivity index (χ2n) is 6.35. The highest BCUT2D eigenvalue weighted by Gasteiger charge is 2.24. The summed E-state index contributed by atoms with van der Waals surface area (Å²) in [5, 5.41) is 7.52. The van der Waals surface area contributed by atoms with Gasteiger partial charge < -0.3 is 5.32 Å². The van der Waals surface area contributed by atoms with Gasteiger partial charge in [0.05, 0.1) is 12.2 Å². The number of aryl methyl sites for hydroxylation is 3. The minimum atomic E-state index is 0.127. The molecular formula is C19H25N3O. The first-order chi connectivity index (χ1) is 11.2. The highest BCUT2D eigenvalue weighted by Crippen LogP contribution is 2.29. The van der Waals surface area contributed by atoms with E-state index in [1.165, 1.54) is 22.4 Å². The van der Waals surface area contributed by atoms with E-state index < -0.39 is 0 Å². The van der Waals surface area contributed by atoms with E-state index in [2.05, 4.69) is 41.6 Å². The Labute approximate surface area is 137 Å². The molecule has 122 valence electrons. The molecule has 0 aliphatic heterocycles. The van der Waals surface area contributed by atoms with E-state index in [1.807, 2.05) is 17.9 Å². The van der Waals surface area contributed by atoms with Gasteiger partial charge in [-0.2, -0.15) is 5.10 Å². The number of nitrogens with one attached hydrogen (secondary N) is 1. The van der Waals surface area contributed by atoms with Gasteiger partial charge in [-0.3, -0.25) is 9.48 Å². The lowest BCUT2D eigenvalue weighted by molar-refractivity contribution is -0.121. The van der Waals surface area contributed by atoms with E-state index >= 15 is 0 Å². The molecule has 1 amide bonds. The summed E-state index contributed by atoms with van der Waals surface area (Å²) in [6.45, 7) is 2.15. The molecule has 1 aromatic carbocycles. The summed E-state index contributed by atoms with van der Waals surface area (Å²) in [7, 11) is 1.98. The van der Waals surface area contributed by atoms with E-state index in [0.29, 0.717) is 6.42 Å². The largest absolute Gasteiger partial charge is 0.349 e. The van der Waals surface area contributed by atoms with Crippen LogP contribution in [0.2, 0.25) is 0 Å². The molecule has 1 aromatic heterocycles. The number of nitrogens with zero attached hydrogens (tertiary/aromatic N) is 2. The molecule has 0 spiro atoms. The highest BCUT2D eigenvalue weighted by molar-refractivity contribution is 5.76. The number of fused-ring (bicyclic) bond motifs is 1. The van der Waals surface area contributed by atoms with Crippen LogP contribution < -0.4 is 5.32 Å². The smallest absolute Gasteiger partial charge is 0.220 e. The van der Waals surface area contributed by atoms with Crippen LogP contribution >= 0.6 is 0 Å². The van der Waals surface area contributed by atoms with Crippen molar-refractivity contribution in [2.75, 3.05) is 0 Å². The number of carbonyl (C=O) groups is 1. The van der Waals surface area contributed by atoms with Crippen molar-refractivity contribution < 1.29 is 4.79 Å². The maximum atomic E-state index is 12.3. The van der Waals surface area contributed by atoms with Crippen molar-refractivity contribution in [3.05, 3.63) is 52.8 Å². The molecule has 1 N–H and O–H groups in total. The summed E-state index contributed by atoms with van der Waals surface area (Å²) in [5.74, 6) is 0.131. The quantitative estimate of drug-likeness (QED) is 0.922. The molecule has 4 heteroatoms. The van der Waals surface area contributed by atoms with E-state index in [4.69, 9.17) is 0 Å². The van der Waals surface area contributed by atoms with Gasteiger partial charge in [0.1, 0.15) is 0 Å². The monoisotopic (exact) mass is 311 g/mol. The van der Waals surface area contributed by atoms with E-state index in [-0.39, 0.29) is 11.9 Å². The molecule has 0 saturated heterocycles. The normalized spacial score (nSPS) is 16.9. The number of hydrogen-bond donors (Lipinski definition) is 1. The Morgan fingerprint density at radius 3 is 2.78 bits per heavy atom. The highest BCUT2D eigenvalue weighted by atomic mass is 16.1. The van der Waals surface area contributed by atoms with Gasteiger partial charge in [0.2, 0.25) is 5.91 Å². The van der Waals surface area contributed by atoms with Gasteiger partial charge in [-0.15, -0.1) is 0 Å². The Morgan fingerprint density at radius 2 is 2.04 bits per heavy atom. The maximum Gasteiger partial charge on any atom is 0.220 e. The molecular weight excluding hydrogens is 286 g/mol. The van der Waals surface area contributed by atoms with Crippen molar-refractivity contribution in [1.82, 2.24) is 15.1 Å². The van der Waals surface area contributed by atoms with Crippen LogP contribution in [0.3, 0.4) is 0 Å². The van der Waals surface area contributed by atoms with Gasteiger partial charge in [0.15, 0.2) is 0 Å². The summed E-state index contributed by atoms with van der Waals surface area (Å²) in [5.41, 5.74) is 5.02. The Kier molecular flexibility index (Phi) is 4.79. The Bertz CT molecular complexity index is 672. The summed E-state index contributed by atoms with van der Waals surface area (Å²) in [4.78, 5) is 12.3. The molecule has 1 atom stereocenters. The Morgan fingerprint density at radius 1 is 1.30 bits per heavy atom. The molecule has 0 radical (unpaired) electrons. The zero-order chi connectivity index (χ0) is 16.2. The van der Waals surface area contributed by atoms with E-state index in [1.54, 1.807) is 0 Å². The van der Waals surface area contributed by atoms with Crippen molar-refractivity contribution in [2.24, 2.45) is 7.05 Å². The summed E-state index contributed by atoms with van der Waals surface area (Å²) in [6.07, 6.45) is 7.46. The van der Waals surface area contributed by atoms with Crippen molar-refractivity contribution in [1.29, 1.82) is 0 Å². The third-order valence-corrected chi connectivity index (χ3v) is 4.78. The van der Waals surface area contributed by atoms with Gasteiger partial charge in [0.25, 0.3) is 0 Å².